The summed E-state index contributed by atoms with van der Waals surface area (Å²) in [5.74, 6) is -0.777. The number of hydrogen-bond acceptors (Lipinski definition) is 4. The predicted molar refractivity (Wildman–Crippen MR) is 126 cm³/mol. The minimum absolute atomic E-state index is 0.0351. The van der Waals surface area contributed by atoms with Crippen molar-refractivity contribution in [2.75, 3.05) is 13.6 Å². The molecule has 0 aromatic heterocycles. The van der Waals surface area contributed by atoms with Crippen molar-refractivity contribution in [3.63, 3.8) is 0 Å². The van der Waals surface area contributed by atoms with E-state index in [1.807, 2.05) is 45.0 Å². The van der Waals surface area contributed by atoms with Crippen LogP contribution in [0.1, 0.15) is 31.9 Å². The third kappa shape index (κ3) is 6.79. The summed E-state index contributed by atoms with van der Waals surface area (Å²) in [5.41, 5.74) is 1.92. The van der Waals surface area contributed by atoms with Crippen LogP contribution in [-0.2, 0) is 26.2 Å². The zero-order valence-electron chi connectivity index (χ0n) is 19.0. The molecule has 2 aromatic rings. The lowest BCUT2D eigenvalue weighted by molar-refractivity contribution is -0.140. The van der Waals surface area contributed by atoms with Gasteiger partial charge in [0.2, 0.25) is 21.8 Å². The smallest absolute Gasteiger partial charge is 0.243 e. The van der Waals surface area contributed by atoms with Crippen LogP contribution < -0.4 is 5.32 Å². The number of benzene rings is 2. The Morgan fingerprint density at radius 3 is 2.09 bits per heavy atom. The predicted octanol–water partition coefficient (Wildman–Crippen LogP) is 3.21. The van der Waals surface area contributed by atoms with Gasteiger partial charge in [-0.25, -0.2) is 8.42 Å². The molecule has 2 rings (SSSR count). The molecule has 2 aromatic carbocycles. The summed E-state index contributed by atoms with van der Waals surface area (Å²) < 4.78 is 26.7. The molecule has 0 saturated heterocycles. The first-order chi connectivity index (χ1) is 14.9. The maximum atomic E-state index is 13.2. The largest absolute Gasteiger partial charge is 0.352 e. The summed E-state index contributed by atoms with van der Waals surface area (Å²) in [5, 5.41) is 3.22. The molecule has 0 saturated carbocycles. The molecule has 0 spiro atoms. The fraction of sp³-hybridized carbons (Fsp3) is 0.391. The molecule has 0 radical (unpaired) electrons. The van der Waals surface area contributed by atoms with E-state index in [1.54, 1.807) is 6.92 Å². The van der Waals surface area contributed by atoms with Crippen LogP contribution in [0.4, 0.5) is 0 Å². The maximum Gasteiger partial charge on any atom is 0.243 e. The number of nitrogens with zero attached hydrogens (tertiary/aromatic N) is 2. The summed E-state index contributed by atoms with van der Waals surface area (Å²) in [6.45, 7) is 7.04. The summed E-state index contributed by atoms with van der Waals surface area (Å²) in [6.07, 6.45) is 0. The van der Waals surface area contributed by atoms with Crippen molar-refractivity contribution < 1.29 is 18.0 Å². The minimum atomic E-state index is -3.90. The highest BCUT2D eigenvalue weighted by Crippen LogP contribution is 2.18. The van der Waals surface area contributed by atoms with Gasteiger partial charge in [-0.2, -0.15) is 4.31 Å². The van der Waals surface area contributed by atoms with Crippen LogP contribution in [0.5, 0.6) is 0 Å². The van der Waals surface area contributed by atoms with E-state index in [2.05, 4.69) is 5.32 Å². The van der Waals surface area contributed by atoms with Crippen molar-refractivity contribution >= 4 is 33.4 Å². The van der Waals surface area contributed by atoms with Crippen molar-refractivity contribution in [1.82, 2.24) is 14.5 Å². The first-order valence-electron chi connectivity index (χ1n) is 10.3. The first-order valence-corrected chi connectivity index (χ1v) is 12.1. The number of sulfonamides is 1. The van der Waals surface area contributed by atoms with Crippen LogP contribution in [0.25, 0.3) is 0 Å². The van der Waals surface area contributed by atoms with E-state index in [4.69, 9.17) is 11.6 Å². The molecule has 0 aliphatic rings. The number of halogens is 1. The Labute approximate surface area is 195 Å². The molecule has 0 fully saturated rings. The van der Waals surface area contributed by atoms with Crippen LogP contribution in [0, 0.1) is 6.92 Å². The van der Waals surface area contributed by atoms with E-state index in [9.17, 15) is 18.0 Å². The molecular formula is C23H30ClN3O4S. The highest BCUT2D eigenvalue weighted by atomic mass is 35.5. The number of carbonyl (C=O) groups excluding carboxylic acids is 2. The monoisotopic (exact) mass is 479 g/mol. The van der Waals surface area contributed by atoms with Crippen molar-refractivity contribution in [1.29, 1.82) is 0 Å². The van der Waals surface area contributed by atoms with Gasteiger partial charge in [-0.15, -0.1) is 0 Å². The Morgan fingerprint density at radius 1 is 1.00 bits per heavy atom. The molecule has 0 heterocycles. The van der Waals surface area contributed by atoms with Gasteiger partial charge in [-0.05, 0) is 57.5 Å². The van der Waals surface area contributed by atoms with E-state index in [1.165, 1.54) is 36.2 Å². The van der Waals surface area contributed by atoms with Crippen LogP contribution in [0.15, 0.2) is 53.4 Å². The van der Waals surface area contributed by atoms with E-state index in [0.717, 1.165) is 15.4 Å². The van der Waals surface area contributed by atoms with E-state index in [-0.39, 0.29) is 23.4 Å². The highest BCUT2D eigenvalue weighted by Gasteiger charge is 2.30. The molecule has 0 aliphatic carbocycles. The van der Waals surface area contributed by atoms with Gasteiger partial charge in [-0.3, -0.25) is 9.59 Å². The van der Waals surface area contributed by atoms with E-state index >= 15 is 0 Å². The normalized spacial score (nSPS) is 12.6. The van der Waals surface area contributed by atoms with Gasteiger partial charge in [0.1, 0.15) is 6.04 Å². The lowest BCUT2D eigenvalue weighted by Gasteiger charge is -2.30. The van der Waals surface area contributed by atoms with Crippen LogP contribution in [-0.4, -0.2) is 55.1 Å². The standard InChI is InChI=1S/C23H30ClN3O4S/c1-16(2)25-23(29)18(4)27(14-19-8-6-17(3)7-9-19)22(28)15-26(5)32(30,31)21-12-10-20(24)11-13-21/h6-13,16,18H,14-15H2,1-5H3,(H,25,29)/t18-/m0/s1. The lowest BCUT2D eigenvalue weighted by Crippen LogP contribution is -2.51. The molecule has 1 N–H and O–H groups in total. The van der Waals surface area contributed by atoms with Crippen molar-refractivity contribution in [2.45, 2.75) is 51.2 Å². The zero-order chi connectivity index (χ0) is 24.1. The summed E-state index contributed by atoms with van der Waals surface area (Å²) in [6, 6.07) is 12.5. The third-order valence-corrected chi connectivity index (χ3v) is 7.02. The first kappa shape index (κ1) is 25.8. The van der Waals surface area contributed by atoms with Crippen LogP contribution in [0.2, 0.25) is 5.02 Å². The topological polar surface area (TPSA) is 86.8 Å². The number of rotatable bonds is 9. The second-order valence-electron chi connectivity index (χ2n) is 8.06. The molecule has 7 nitrogen and oxygen atoms in total. The average Bonchev–Trinajstić information content (AvgIpc) is 2.72. The van der Waals surface area contributed by atoms with E-state index < -0.39 is 28.5 Å². The number of amides is 2. The summed E-state index contributed by atoms with van der Waals surface area (Å²) >= 11 is 5.85. The van der Waals surface area contributed by atoms with Crippen LogP contribution >= 0.6 is 11.6 Å². The average molecular weight is 480 g/mol. The van der Waals surface area contributed by atoms with Crippen molar-refractivity contribution in [3.05, 3.63) is 64.7 Å². The number of likely N-dealkylation sites (N-methyl/N-ethyl adjacent to an activating group) is 1. The summed E-state index contributed by atoms with van der Waals surface area (Å²) in [4.78, 5) is 27.3. The fourth-order valence-corrected chi connectivity index (χ4v) is 4.28. The molecule has 1 atom stereocenters. The highest BCUT2D eigenvalue weighted by molar-refractivity contribution is 7.89. The summed E-state index contributed by atoms with van der Waals surface area (Å²) in [7, 11) is -2.56. The lowest BCUT2D eigenvalue weighted by atomic mass is 10.1. The Balaban J connectivity index is 2.26. The molecule has 0 unspecified atom stereocenters. The minimum Gasteiger partial charge on any atom is -0.352 e. The molecule has 32 heavy (non-hydrogen) atoms. The number of nitrogens with one attached hydrogen (secondary N) is 1. The van der Waals surface area contributed by atoms with Gasteiger partial charge in [0, 0.05) is 24.7 Å². The van der Waals surface area contributed by atoms with Gasteiger partial charge in [-0.1, -0.05) is 41.4 Å². The molecular weight excluding hydrogens is 450 g/mol. The third-order valence-electron chi connectivity index (χ3n) is 4.95. The SMILES string of the molecule is Cc1ccc(CN(C(=O)CN(C)S(=O)(=O)c2ccc(Cl)cc2)[C@@H](C)C(=O)NC(C)C)cc1. The molecule has 0 bridgehead atoms. The van der Waals surface area contributed by atoms with Crippen molar-refractivity contribution in [3.8, 4) is 0 Å². The fourth-order valence-electron chi connectivity index (χ4n) is 3.03. The Kier molecular flexibility index (Phi) is 8.83. The zero-order valence-corrected chi connectivity index (χ0v) is 20.6. The maximum absolute atomic E-state index is 13.2. The molecule has 174 valence electrons. The van der Waals surface area contributed by atoms with Gasteiger partial charge >= 0.3 is 0 Å². The van der Waals surface area contributed by atoms with Crippen molar-refractivity contribution in [2.24, 2.45) is 0 Å². The second kappa shape index (κ2) is 10.9. The molecule has 2 amide bonds. The Morgan fingerprint density at radius 2 is 1.56 bits per heavy atom. The second-order valence-corrected chi connectivity index (χ2v) is 10.5. The molecule has 9 heteroatoms. The van der Waals surface area contributed by atoms with Gasteiger partial charge < -0.3 is 10.2 Å². The quantitative estimate of drug-likeness (QED) is 0.598. The van der Waals surface area contributed by atoms with Gasteiger partial charge in [0.15, 0.2) is 0 Å². The molecule has 0 aliphatic heterocycles. The number of aryl methyl sites for hydroxylation is 1. The Bertz CT molecular complexity index is 1040. The van der Waals surface area contributed by atoms with Gasteiger partial charge in [0.05, 0.1) is 11.4 Å². The van der Waals surface area contributed by atoms with Gasteiger partial charge in [0.25, 0.3) is 0 Å². The Hall–Kier alpha value is -2.42. The number of hydrogen-bond donors (Lipinski definition) is 1. The number of carbonyl (C=O) groups is 2. The van der Waals surface area contributed by atoms with E-state index in [0.29, 0.717) is 5.02 Å². The van der Waals surface area contributed by atoms with Crippen LogP contribution in [0.3, 0.4) is 0 Å².